The van der Waals surface area contributed by atoms with Crippen LogP contribution in [0.2, 0.25) is 0 Å². The van der Waals surface area contributed by atoms with Crippen molar-refractivity contribution in [2.24, 2.45) is 0 Å². The van der Waals surface area contributed by atoms with Gasteiger partial charge in [0.05, 0.1) is 26.4 Å². The van der Waals surface area contributed by atoms with E-state index in [1.54, 1.807) is 0 Å². The summed E-state index contributed by atoms with van der Waals surface area (Å²) >= 11 is 0. The summed E-state index contributed by atoms with van der Waals surface area (Å²) in [5.74, 6) is -0.681. The number of hydrogen-bond acceptors (Lipinski definition) is 21. The van der Waals surface area contributed by atoms with E-state index in [9.17, 15) is 61.0 Å². The van der Waals surface area contributed by atoms with Gasteiger partial charge < -0.3 is 104 Å². The molecule has 0 aromatic rings. The largest absolute Gasteiger partial charge is 0.394 e. The molecule has 0 radical (unpaired) electrons. The molecule has 22 nitrogen and oxygen atoms in total. The Labute approximate surface area is 330 Å². The number of hydrogen-bond donors (Lipinski definition) is 12. The second-order valence-corrected chi connectivity index (χ2v) is 14.7. The molecule has 4 fully saturated rings. The average molecular weight is 834 g/mol. The molecule has 22 heteroatoms. The number of aliphatic hydroxyl groups is 11. The van der Waals surface area contributed by atoms with Crippen molar-refractivity contribution in [3.8, 4) is 0 Å². The van der Waals surface area contributed by atoms with Crippen LogP contribution in [0.5, 0.6) is 0 Å². The third kappa shape index (κ3) is 11.9. The van der Waals surface area contributed by atoms with Gasteiger partial charge in [0, 0.05) is 20.6 Å². The first-order valence-corrected chi connectivity index (χ1v) is 19.5. The van der Waals surface area contributed by atoms with E-state index < -0.39 is 155 Å². The molecule has 0 aromatic carbocycles. The van der Waals surface area contributed by atoms with Crippen molar-refractivity contribution < 1.29 is 104 Å². The lowest BCUT2D eigenvalue weighted by Crippen LogP contribution is -2.68. The van der Waals surface area contributed by atoms with Gasteiger partial charge in [-0.05, 0) is 6.42 Å². The molecular weight excluding hydrogens is 770 g/mol. The molecule has 4 aliphatic rings. The fourth-order valence-corrected chi connectivity index (χ4v) is 7.30. The molecule has 0 unspecified atom stereocenters. The Balaban J connectivity index is 1.58. The summed E-state index contributed by atoms with van der Waals surface area (Å²) in [4.78, 5) is 12.0. The number of rotatable bonds is 20. The fraction of sp³-hybridized carbons (Fsp3) is 0.971. The summed E-state index contributed by atoms with van der Waals surface area (Å²) in [6.07, 6.45) is -25.1. The van der Waals surface area contributed by atoms with Crippen molar-refractivity contribution in [1.82, 2.24) is 5.32 Å². The van der Waals surface area contributed by atoms with Crippen molar-refractivity contribution in [2.45, 2.75) is 175 Å². The van der Waals surface area contributed by atoms with E-state index in [0.29, 0.717) is 6.42 Å². The molecule has 0 aromatic heterocycles. The number of unbranched alkanes of at least 4 members (excludes halogenated alkanes) is 5. The molecule has 57 heavy (non-hydrogen) atoms. The molecule has 1 amide bonds. The van der Waals surface area contributed by atoms with Gasteiger partial charge in [-0.25, -0.2) is 0 Å². The summed E-state index contributed by atoms with van der Waals surface area (Å²) < 4.78 is 51.7. The predicted molar refractivity (Wildman–Crippen MR) is 187 cm³/mol. The highest BCUT2D eigenvalue weighted by molar-refractivity contribution is 5.73. The van der Waals surface area contributed by atoms with Crippen molar-refractivity contribution in [3.63, 3.8) is 0 Å². The molecule has 334 valence electrons. The van der Waals surface area contributed by atoms with Gasteiger partial charge in [-0.2, -0.15) is 0 Å². The minimum atomic E-state index is -1.95. The maximum absolute atomic E-state index is 12.0. The van der Waals surface area contributed by atoms with Gasteiger partial charge in [-0.15, -0.1) is 0 Å². The minimum Gasteiger partial charge on any atom is -0.394 e. The van der Waals surface area contributed by atoms with Gasteiger partial charge in [-0.3, -0.25) is 4.79 Å². The van der Waals surface area contributed by atoms with E-state index in [4.69, 9.17) is 42.6 Å². The Morgan fingerprint density at radius 2 is 1.07 bits per heavy atom. The van der Waals surface area contributed by atoms with Gasteiger partial charge in [0.1, 0.15) is 97.6 Å². The molecule has 0 aliphatic carbocycles. The molecule has 0 bridgehead atoms. The first-order valence-electron chi connectivity index (χ1n) is 19.5. The van der Waals surface area contributed by atoms with E-state index in [0.717, 1.165) is 39.0 Å². The first kappa shape index (κ1) is 48.3. The minimum absolute atomic E-state index is 0.115. The van der Waals surface area contributed by atoms with Crippen LogP contribution in [-0.4, -0.2) is 225 Å². The number of amides is 1. The zero-order valence-corrected chi connectivity index (χ0v) is 32.3. The molecule has 4 heterocycles. The fourth-order valence-electron chi connectivity index (χ4n) is 7.30. The lowest BCUT2D eigenvalue weighted by atomic mass is 9.95. The van der Waals surface area contributed by atoms with E-state index >= 15 is 0 Å². The van der Waals surface area contributed by atoms with Gasteiger partial charge in [-0.1, -0.05) is 39.0 Å². The smallest absolute Gasteiger partial charge is 0.217 e. The van der Waals surface area contributed by atoms with Crippen LogP contribution in [-0.2, 0) is 47.4 Å². The molecule has 0 spiro atoms. The molecule has 4 rings (SSSR count). The highest BCUT2D eigenvalue weighted by atomic mass is 16.8. The van der Waals surface area contributed by atoms with Crippen LogP contribution in [0.25, 0.3) is 0 Å². The molecular formula is C35H63NO21. The van der Waals surface area contributed by atoms with Crippen LogP contribution in [0.15, 0.2) is 0 Å². The van der Waals surface area contributed by atoms with Gasteiger partial charge >= 0.3 is 0 Å². The Morgan fingerprint density at radius 1 is 0.544 bits per heavy atom. The number of aliphatic hydroxyl groups excluding tert-OH is 11. The molecule has 12 N–H and O–H groups in total. The summed E-state index contributed by atoms with van der Waals surface area (Å²) in [5.41, 5.74) is 0. The van der Waals surface area contributed by atoms with E-state index in [1.807, 2.05) is 0 Å². The van der Waals surface area contributed by atoms with Gasteiger partial charge in [0.25, 0.3) is 0 Å². The number of carbonyl (C=O) groups is 1. The molecule has 4 saturated heterocycles. The van der Waals surface area contributed by atoms with Crippen LogP contribution in [0.4, 0.5) is 0 Å². The summed E-state index contributed by atoms with van der Waals surface area (Å²) in [6.45, 7) is 0.503. The summed E-state index contributed by atoms with van der Waals surface area (Å²) in [5, 5.41) is 120. The zero-order chi connectivity index (χ0) is 42.0. The van der Waals surface area contributed by atoms with Crippen molar-refractivity contribution in [2.75, 3.05) is 40.1 Å². The molecule has 4 aliphatic heterocycles. The maximum atomic E-state index is 12.0. The Kier molecular flexibility index (Phi) is 19.5. The van der Waals surface area contributed by atoms with E-state index in [-0.39, 0.29) is 6.61 Å². The highest BCUT2D eigenvalue weighted by Gasteiger charge is 2.55. The van der Waals surface area contributed by atoms with Crippen LogP contribution in [0, 0.1) is 0 Å². The lowest BCUT2D eigenvalue weighted by Gasteiger charge is -2.49. The Bertz CT molecular complexity index is 1180. The monoisotopic (exact) mass is 833 g/mol. The van der Waals surface area contributed by atoms with Crippen molar-refractivity contribution in [1.29, 1.82) is 0 Å². The zero-order valence-electron chi connectivity index (χ0n) is 32.3. The quantitative estimate of drug-likeness (QED) is 0.0509. The number of carbonyl (C=O) groups excluding carboxylic acids is 1. The lowest BCUT2D eigenvalue weighted by molar-refractivity contribution is -0.385. The third-order valence-corrected chi connectivity index (χ3v) is 10.6. The SMILES string of the molecule is CCCCCCCCO[C@@H]1O[C@H](CO[C@H]2O[C@H](CO)[C@@H](OC)[C@H](O)[C@@H]2O)[C@@H](O)[C@H](O[C@H]2O[C@H](CO)[C@@H](O)[C@H](O)[C@@H]2O[C@@H]2O[C@H](CO)[C@@H](O)[C@H](O)[C@H]2NC(C)=O)[C@@H]1O. The highest BCUT2D eigenvalue weighted by Crippen LogP contribution is 2.34. The van der Waals surface area contributed by atoms with E-state index in [1.165, 1.54) is 7.11 Å². The molecule has 0 saturated carbocycles. The second-order valence-electron chi connectivity index (χ2n) is 14.7. The van der Waals surface area contributed by atoms with Crippen LogP contribution >= 0.6 is 0 Å². The van der Waals surface area contributed by atoms with Crippen LogP contribution in [0.1, 0.15) is 52.4 Å². The summed E-state index contributed by atoms with van der Waals surface area (Å²) in [7, 11) is 1.26. The van der Waals surface area contributed by atoms with Crippen LogP contribution < -0.4 is 5.32 Å². The normalized spacial score (nSPS) is 44.2. The summed E-state index contributed by atoms with van der Waals surface area (Å²) in [6, 6.07) is -1.50. The van der Waals surface area contributed by atoms with E-state index in [2.05, 4.69) is 12.2 Å². The third-order valence-electron chi connectivity index (χ3n) is 10.6. The number of methoxy groups -OCH3 is 1. The maximum Gasteiger partial charge on any atom is 0.217 e. The Hall–Kier alpha value is -1.33. The molecule has 20 atom stereocenters. The average Bonchev–Trinajstić information content (AvgIpc) is 3.19. The van der Waals surface area contributed by atoms with Gasteiger partial charge in [0.2, 0.25) is 5.91 Å². The van der Waals surface area contributed by atoms with Crippen molar-refractivity contribution in [3.05, 3.63) is 0 Å². The van der Waals surface area contributed by atoms with Crippen molar-refractivity contribution >= 4 is 5.91 Å². The number of ether oxygens (including phenoxy) is 9. The topological polar surface area (TPSA) is 335 Å². The first-order chi connectivity index (χ1) is 27.2. The van der Waals surface area contributed by atoms with Gasteiger partial charge in [0.15, 0.2) is 25.2 Å². The predicted octanol–water partition coefficient (Wildman–Crippen LogP) is -5.57. The van der Waals surface area contributed by atoms with Crippen LogP contribution in [0.3, 0.4) is 0 Å². The number of nitrogens with one attached hydrogen (secondary N) is 1. The standard InChI is InChI=1S/C35H63NO21/c1-4-5-6-7-8-9-10-50-34-28(48)30(23(43)19(55-34)14-51-33-27(47)26(46)29(49-3)18(13-39)54-33)56-35-31(25(45)22(42)17(12-38)53-35)57-32-20(36-15(2)40)24(44)21(41)16(11-37)52-32/h16-35,37-39,41-48H,4-14H2,1-3H3,(H,36,40)/t16-,17-,18-,19-,20-,21-,22-,23-,24-,25+,26-,27+,28+,29-,30+,31+,32+,33+,34-,35-/m1/s1. The second kappa shape index (κ2) is 23.0. The Morgan fingerprint density at radius 3 is 1.68 bits per heavy atom.